The molecule has 1 N–H and O–H groups in total. The minimum atomic E-state index is -0.899. The number of hydrogen-bond donors (Lipinski definition) is 1. The first-order valence-electron chi connectivity index (χ1n) is 5.14. The Morgan fingerprint density at radius 1 is 1.06 bits per heavy atom. The fraction of sp³-hybridized carbons (Fsp3) is 0. The van der Waals surface area contributed by atoms with Crippen molar-refractivity contribution >= 4 is 35.4 Å². The van der Waals surface area contributed by atoms with E-state index in [0.717, 1.165) is 29.5 Å². The molecule has 0 unspecified atom stereocenters. The van der Waals surface area contributed by atoms with Gasteiger partial charge >= 0.3 is 5.97 Å². The summed E-state index contributed by atoms with van der Waals surface area (Å²) in [7, 11) is 0.912. The normalized spacial score (nSPS) is 11.3. The second-order valence-electron chi connectivity index (χ2n) is 3.69. The fourth-order valence-electron chi connectivity index (χ4n) is 1.82. The van der Waals surface area contributed by atoms with Crippen LogP contribution in [0, 0.1) is 0 Å². The highest BCUT2D eigenvalue weighted by molar-refractivity contribution is 7.43. The van der Waals surface area contributed by atoms with Crippen molar-refractivity contribution in [2.24, 2.45) is 0 Å². The Kier molecular flexibility index (Phi) is 2.27. The van der Waals surface area contributed by atoms with Gasteiger partial charge in [0.2, 0.25) is 0 Å². The van der Waals surface area contributed by atoms with Crippen molar-refractivity contribution in [3.8, 4) is 0 Å². The number of benzene rings is 2. The van der Waals surface area contributed by atoms with E-state index in [1.807, 2.05) is 30.3 Å². The molecule has 0 fully saturated rings. The van der Waals surface area contributed by atoms with E-state index in [4.69, 9.17) is 5.11 Å². The summed E-state index contributed by atoms with van der Waals surface area (Å²) >= 11 is 0. The molecule has 1 heterocycles. The monoisotopic (exact) mass is 241 g/mol. The lowest BCUT2D eigenvalue weighted by Crippen LogP contribution is -1.96. The van der Waals surface area contributed by atoms with Crippen molar-refractivity contribution in [2.45, 2.75) is 0 Å². The van der Waals surface area contributed by atoms with Gasteiger partial charge in [0.25, 0.3) is 0 Å². The number of para-hydroxylation sites is 1. The molecule has 2 aromatic carbocycles. The zero-order valence-electron chi connectivity index (χ0n) is 8.79. The van der Waals surface area contributed by atoms with E-state index in [9.17, 15) is 4.79 Å². The summed E-state index contributed by atoms with van der Waals surface area (Å²) in [5.41, 5.74) is 2.01. The van der Waals surface area contributed by atoms with Crippen molar-refractivity contribution in [2.75, 3.05) is 0 Å². The number of carboxylic acid groups (broad SMARTS) is 1. The number of fused-ring (bicyclic) bond motifs is 2. The highest BCUT2D eigenvalue weighted by Crippen LogP contribution is 2.32. The van der Waals surface area contributed by atoms with Crippen molar-refractivity contribution < 1.29 is 9.90 Å². The summed E-state index contributed by atoms with van der Waals surface area (Å²) in [4.78, 5) is 15.6. The molecule has 0 aliphatic rings. The topological polar surface area (TPSA) is 50.2 Å². The van der Waals surface area contributed by atoms with Crippen molar-refractivity contribution in [3.63, 3.8) is 0 Å². The van der Waals surface area contributed by atoms with Crippen LogP contribution >= 0.6 is 8.19 Å². The number of hydrogen-bond acceptors (Lipinski definition) is 2. The minimum absolute atomic E-state index is 0.336. The standard InChI is InChI=1S/C13H8NO2P/c15-13(16)8-4-3-6-10-12(8)17-11-7-2-1-5-9(11)14-10/h1-7H,(H,15,16). The van der Waals surface area contributed by atoms with E-state index in [2.05, 4.69) is 4.98 Å². The largest absolute Gasteiger partial charge is 0.478 e. The van der Waals surface area contributed by atoms with E-state index in [-0.39, 0.29) is 0 Å². The predicted molar refractivity (Wildman–Crippen MR) is 68.7 cm³/mol. The lowest BCUT2D eigenvalue weighted by atomic mass is 10.2. The second-order valence-corrected chi connectivity index (χ2v) is 4.84. The van der Waals surface area contributed by atoms with E-state index in [1.165, 1.54) is 0 Å². The molecule has 0 spiro atoms. The Hall–Kier alpha value is -1.99. The van der Waals surface area contributed by atoms with Crippen LogP contribution in [0.4, 0.5) is 0 Å². The second kappa shape index (κ2) is 3.79. The molecular weight excluding hydrogens is 233 g/mol. The van der Waals surface area contributed by atoms with E-state index >= 15 is 0 Å². The van der Waals surface area contributed by atoms with Gasteiger partial charge in [0, 0.05) is 10.2 Å². The molecule has 3 nitrogen and oxygen atoms in total. The maximum absolute atomic E-state index is 11.1. The van der Waals surface area contributed by atoms with Crippen LogP contribution in [0.2, 0.25) is 0 Å². The summed E-state index contributed by atoms with van der Waals surface area (Å²) in [6.45, 7) is 0. The van der Waals surface area contributed by atoms with Crippen LogP contribution in [0.25, 0.3) is 21.3 Å². The zero-order chi connectivity index (χ0) is 11.8. The molecule has 0 saturated heterocycles. The highest BCUT2D eigenvalue weighted by Gasteiger charge is 2.09. The molecule has 0 aliphatic heterocycles. The van der Waals surface area contributed by atoms with Crippen LogP contribution in [0.1, 0.15) is 10.4 Å². The van der Waals surface area contributed by atoms with Crippen LogP contribution < -0.4 is 0 Å². The van der Waals surface area contributed by atoms with Gasteiger partial charge in [-0.2, -0.15) is 0 Å². The number of nitrogens with zero attached hydrogens (tertiary/aromatic N) is 1. The first-order chi connectivity index (χ1) is 8.25. The molecule has 0 saturated carbocycles. The predicted octanol–water partition coefficient (Wildman–Crippen LogP) is 3.67. The third-order valence-corrected chi connectivity index (χ3v) is 3.91. The molecule has 0 amide bonds. The fourth-order valence-corrected chi connectivity index (χ4v) is 2.99. The summed E-state index contributed by atoms with van der Waals surface area (Å²) < 4.78 is 0. The van der Waals surface area contributed by atoms with Gasteiger partial charge in [0.1, 0.15) is 0 Å². The maximum atomic E-state index is 11.1. The van der Waals surface area contributed by atoms with E-state index in [0.29, 0.717) is 5.56 Å². The van der Waals surface area contributed by atoms with Gasteiger partial charge in [-0.15, -0.1) is 0 Å². The summed E-state index contributed by atoms with van der Waals surface area (Å²) in [5, 5.41) is 11.0. The number of aromatic nitrogens is 1. The molecule has 0 aliphatic carbocycles. The third-order valence-electron chi connectivity index (χ3n) is 2.60. The molecule has 3 aromatic rings. The van der Waals surface area contributed by atoms with Gasteiger partial charge < -0.3 is 5.11 Å². The van der Waals surface area contributed by atoms with Gasteiger partial charge in [-0.1, -0.05) is 26.4 Å². The minimum Gasteiger partial charge on any atom is -0.478 e. The Morgan fingerprint density at radius 3 is 2.65 bits per heavy atom. The van der Waals surface area contributed by atoms with Crippen molar-refractivity contribution in [3.05, 3.63) is 48.0 Å². The molecule has 0 radical (unpaired) electrons. The lowest BCUT2D eigenvalue weighted by molar-refractivity contribution is 0.0699. The van der Waals surface area contributed by atoms with Gasteiger partial charge in [-0.25, -0.2) is 9.78 Å². The average Bonchev–Trinajstić information content (AvgIpc) is 2.35. The molecule has 17 heavy (non-hydrogen) atoms. The van der Waals surface area contributed by atoms with E-state index < -0.39 is 5.97 Å². The number of rotatable bonds is 1. The van der Waals surface area contributed by atoms with Crippen LogP contribution in [0.15, 0.2) is 42.5 Å². The molecule has 1 aromatic heterocycles. The Balaban J connectivity index is 2.47. The molecule has 82 valence electrons. The molecule has 0 atom stereocenters. The van der Waals surface area contributed by atoms with Crippen LogP contribution in [0.3, 0.4) is 0 Å². The SMILES string of the molecule is O=C(O)c1cccc2nc3ccccc3pc12. The molecular formula is C13H8NO2P. The van der Waals surface area contributed by atoms with Gasteiger partial charge in [-0.3, -0.25) is 0 Å². The average molecular weight is 241 g/mol. The first kappa shape index (κ1) is 10.2. The zero-order valence-corrected chi connectivity index (χ0v) is 9.69. The smallest absolute Gasteiger partial charge is 0.336 e. The molecule has 0 bridgehead atoms. The maximum Gasteiger partial charge on any atom is 0.336 e. The van der Waals surface area contributed by atoms with Gasteiger partial charge in [0.05, 0.1) is 16.6 Å². The van der Waals surface area contributed by atoms with Gasteiger partial charge in [0.15, 0.2) is 0 Å². The number of carbonyl (C=O) groups is 1. The quantitative estimate of drug-likeness (QED) is 0.661. The highest BCUT2D eigenvalue weighted by atomic mass is 31.0. The van der Waals surface area contributed by atoms with Crippen molar-refractivity contribution in [1.82, 2.24) is 4.98 Å². The first-order valence-corrected chi connectivity index (χ1v) is 6.04. The van der Waals surface area contributed by atoms with Crippen LogP contribution in [-0.4, -0.2) is 16.1 Å². The third kappa shape index (κ3) is 1.65. The summed E-state index contributed by atoms with van der Waals surface area (Å²) in [5.74, 6) is -0.899. The number of aromatic carboxylic acids is 1. The molecule has 4 heteroatoms. The van der Waals surface area contributed by atoms with Crippen LogP contribution in [0.5, 0.6) is 0 Å². The van der Waals surface area contributed by atoms with Crippen LogP contribution in [-0.2, 0) is 0 Å². The Labute approximate surface area is 98.8 Å². The van der Waals surface area contributed by atoms with E-state index in [1.54, 1.807) is 12.1 Å². The molecule has 3 rings (SSSR count). The Bertz CT molecular complexity index is 740. The van der Waals surface area contributed by atoms with Gasteiger partial charge in [-0.05, 0) is 24.3 Å². The summed E-state index contributed by atoms with van der Waals surface area (Å²) in [6.07, 6.45) is 0. The Morgan fingerprint density at radius 2 is 1.82 bits per heavy atom. The summed E-state index contributed by atoms with van der Waals surface area (Å²) in [6, 6.07) is 13.0. The number of carboxylic acids is 1. The lowest BCUT2D eigenvalue weighted by Gasteiger charge is -2.03. The van der Waals surface area contributed by atoms with Crippen molar-refractivity contribution in [1.29, 1.82) is 0 Å².